The van der Waals surface area contributed by atoms with Crippen LogP contribution in [-0.4, -0.2) is 35.9 Å². The van der Waals surface area contributed by atoms with Gasteiger partial charge < -0.3 is 0 Å². The summed E-state index contributed by atoms with van der Waals surface area (Å²) < 4.78 is 28.0. The highest BCUT2D eigenvalue weighted by molar-refractivity contribution is 7.89. The summed E-state index contributed by atoms with van der Waals surface area (Å²) in [6.07, 6.45) is 1.45. The highest BCUT2D eigenvalue weighted by Gasteiger charge is 2.58. The molecule has 0 atom stereocenters. The van der Waals surface area contributed by atoms with E-state index in [1.54, 1.807) is 23.7 Å². The van der Waals surface area contributed by atoms with E-state index in [4.69, 9.17) is 5.21 Å². The Hall–Kier alpha value is -1.96. The lowest BCUT2D eigenvalue weighted by atomic mass is 10.1. The molecule has 0 spiro atoms. The molecule has 0 saturated heterocycles. The molecule has 0 unspecified atom stereocenters. The van der Waals surface area contributed by atoms with Crippen molar-refractivity contribution in [3.05, 3.63) is 42.5 Å². The number of hydrogen-bond donors (Lipinski definition) is 2. The molecule has 2 aromatic rings. The fourth-order valence-electron chi connectivity index (χ4n) is 3.21. The van der Waals surface area contributed by atoms with Gasteiger partial charge in [0, 0.05) is 6.54 Å². The number of fused-ring (bicyclic) bond motifs is 1. The van der Waals surface area contributed by atoms with Gasteiger partial charge in [0.1, 0.15) is 5.54 Å². The standard InChI is InChI=1S/C19H24N2O4S/c1-14(2)9-12-21(19(10-11-19)18(22)20-23)26(24,25)17-8-7-15-5-3-4-6-16(15)13-17/h3-8,13-14,23H,9-12H2,1-2H3,(H,20,22). The zero-order chi connectivity index (χ0) is 18.9. The molecule has 0 aromatic heterocycles. The van der Waals surface area contributed by atoms with Crippen molar-refractivity contribution in [1.29, 1.82) is 0 Å². The van der Waals surface area contributed by atoms with E-state index < -0.39 is 21.5 Å². The molecule has 2 N–H and O–H groups in total. The number of nitrogens with zero attached hydrogens (tertiary/aromatic N) is 1. The Bertz CT molecular complexity index is 920. The van der Waals surface area contributed by atoms with Crippen LogP contribution in [-0.2, 0) is 14.8 Å². The third kappa shape index (κ3) is 3.34. The minimum atomic E-state index is -3.88. The molecule has 0 heterocycles. The monoisotopic (exact) mass is 376 g/mol. The zero-order valence-corrected chi connectivity index (χ0v) is 15.8. The Balaban J connectivity index is 2.04. The molecule has 1 aliphatic rings. The lowest BCUT2D eigenvalue weighted by molar-refractivity contribution is -0.134. The maximum Gasteiger partial charge on any atom is 0.264 e. The average Bonchev–Trinajstić information content (AvgIpc) is 3.41. The summed E-state index contributed by atoms with van der Waals surface area (Å²) in [7, 11) is -3.88. The molecule has 3 rings (SSSR count). The molecule has 1 saturated carbocycles. The number of amides is 1. The number of hydrogen-bond acceptors (Lipinski definition) is 4. The van der Waals surface area contributed by atoms with Crippen molar-refractivity contribution in [3.8, 4) is 0 Å². The van der Waals surface area contributed by atoms with E-state index in [0.717, 1.165) is 10.8 Å². The van der Waals surface area contributed by atoms with Gasteiger partial charge in [-0.15, -0.1) is 0 Å². The largest absolute Gasteiger partial charge is 0.289 e. The molecule has 7 heteroatoms. The van der Waals surface area contributed by atoms with E-state index in [9.17, 15) is 13.2 Å². The summed E-state index contributed by atoms with van der Waals surface area (Å²) in [5.41, 5.74) is 0.458. The van der Waals surface area contributed by atoms with Gasteiger partial charge in [-0.2, -0.15) is 4.31 Å². The van der Waals surface area contributed by atoms with Crippen molar-refractivity contribution in [2.24, 2.45) is 5.92 Å². The first kappa shape index (κ1) is 18.8. The first-order valence-electron chi connectivity index (χ1n) is 8.77. The SMILES string of the molecule is CC(C)CCN(C1(C(=O)NO)CC1)S(=O)(=O)c1ccc2ccccc2c1. The lowest BCUT2D eigenvalue weighted by Crippen LogP contribution is -2.51. The maximum atomic E-state index is 13.4. The summed E-state index contributed by atoms with van der Waals surface area (Å²) in [5.74, 6) is -0.372. The van der Waals surface area contributed by atoms with Crippen LogP contribution in [0.25, 0.3) is 10.8 Å². The van der Waals surface area contributed by atoms with Gasteiger partial charge in [-0.25, -0.2) is 13.9 Å². The van der Waals surface area contributed by atoms with E-state index in [1.165, 1.54) is 4.31 Å². The first-order chi connectivity index (χ1) is 12.3. The van der Waals surface area contributed by atoms with Crippen LogP contribution in [0.15, 0.2) is 47.4 Å². The maximum absolute atomic E-state index is 13.4. The molecule has 0 bridgehead atoms. The fourth-order valence-corrected chi connectivity index (χ4v) is 5.05. The molecule has 2 aromatic carbocycles. The van der Waals surface area contributed by atoms with Gasteiger partial charge >= 0.3 is 0 Å². The first-order valence-corrected chi connectivity index (χ1v) is 10.2. The molecule has 140 valence electrons. The Labute approximate surface area is 153 Å². The highest BCUT2D eigenvalue weighted by atomic mass is 32.2. The summed E-state index contributed by atoms with van der Waals surface area (Å²) in [5, 5.41) is 10.9. The normalized spacial score (nSPS) is 16.2. The smallest absolute Gasteiger partial charge is 0.264 e. The summed E-state index contributed by atoms with van der Waals surface area (Å²) >= 11 is 0. The molecule has 1 fully saturated rings. The van der Waals surface area contributed by atoms with Crippen molar-refractivity contribution in [1.82, 2.24) is 9.79 Å². The second-order valence-electron chi connectivity index (χ2n) is 7.24. The molecule has 1 amide bonds. The van der Waals surface area contributed by atoms with E-state index in [1.807, 2.05) is 38.1 Å². The average molecular weight is 376 g/mol. The predicted octanol–water partition coefficient (Wildman–Crippen LogP) is 2.91. The minimum Gasteiger partial charge on any atom is -0.289 e. The van der Waals surface area contributed by atoms with Gasteiger partial charge in [-0.05, 0) is 48.1 Å². The van der Waals surface area contributed by atoms with Crippen LogP contribution in [0.4, 0.5) is 0 Å². The number of nitrogens with one attached hydrogen (secondary N) is 1. The molecular formula is C19H24N2O4S. The van der Waals surface area contributed by atoms with Gasteiger partial charge in [-0.3, -0.25) is 10.0 Å². The van der Waals surface area contributed by atoms with Gasteiger partial charge in [0.15, 0.2) is 0 Å². The summed E-state index contributed by atoms with van der Waals surface area (Å²) in [6.45, 7) is 4.25. The van der Waals surface area contributed by atoms with Crippen molar-refractivity contribution in [2.45, 2.75) is 43.5 Å². The Morgan fingerprint density at radius 1 is 1.19 bits per heavy atom. The van der Waals surface area contributed by atoms with Gasteiger partial charge in [-0.1, -0.05) is 44.2 Å². The van der Waals surface area contributed by atoms with Crippen LogP contribution < -0.4 is 5.48 Å². The van der Waals surface area contributed by atoms with Crippen LogP contribution in [0, 0.1) is 5.92 Å². The molecule has 0 radical (unpaired) electrons. The number of hydroxylamine groups is 1. The summed E-state index contributed by atoms with van der Waals surface area (Å²) in [4.78, 5) is 12.4. The Kier molecular flexibility index (Phi) is 5.05. The minimum absolute atomic E-state index is 0.164. The van der Waals surface area contributed by atoms with E-state index in [0.29, 0.717) is 19.3 Å². The number of sulfonamides is 1. The molecule has 1 aliphatic carbocycles. The van der Waals surface area contributed by atoms with E-state index in [-0.39, 0.29) is 17.4 Å². The lowest BCUT2D eigenvalue weighted by Gasteiger charge is -2.30. The van der Waals surface area contributed by atoms with Crippen LogP contribution in [0.2, 0.25) is 0 Å². The predicted molar refractivity (Wildman–Crippen MR) is 99.2 cm³/mol. The number of benzene rings is 2. The fraction of sp³-hybridized carbons (Fsp3) is 0.421. The molecule has 26 heavy (non-hydrogen) atoms. The zero-order valence-electron chi connectivity index (χ0n) is 15.0. The van der Waals surface area contributed by atoms with E-state index >= 15 is 0 Å². The topological polar surface area (TPSA) is 86.7 Å². The number of rotatable bonds is 7. The second kappa shape index (κ2) is 6.98. The third-order valence-electron chi connectivity index (χ3n) is 4.94. The number of carbonyl (C=O) groups excluding carboxylic acids is 1. The quantitative estimate of drug-likeness (QED) is 0.575. The van der Waals surface area contributed by atoms with E-state index in [2.05, 4.69) is 0 Å². The van der Waals surface area contributed by atoms with Crippen molar-refractivity contribution in [2.75, 3.05) is 6.54 Å². The van der Waals surface area contributed by atoms with Gasteiger partial charge in [0.2, 0.25) is 10.0 Å². The van der Waals surface area contributed by atoms with Gasteiger partial charge in [0.25, 0.3) is 5.91 Å². The molecular weight excluding hydrogens is 352 g/mol. The Morgan fingerprint density at radius 3 is 2.42 bits per heavy atom. The third-order valence-corrected chi connectivity index (χ3v) is 6.91. The van der Waals surface area contributed by atoms with Gasteiger partial charge in [0.05, 0.1) is 4.90 Å². The van der Waals surface area contributed by atoms with Crippen LogP contribution in [0.3, 0.4) is 0 Å². The highest BCUT2D eigenvalue weighted by Crippen LogP contribution is 2.45. The van der Waals surface area contributed by atoms with Crippen molar-refractivity contribution >= 4 is 26.7 Å². The second-order valence-corrected chi connectivity index (χ2v) is 9.10. The number of carbonyl (C=O) groups is 1. The van der Waals surface area contributed by atoms with Crippen LogP contribution in [0.1, 0.15) is 33.1 Å². The van der Waals surface area contributed by atoms with Crippen molar-refractivity contribution in [3.63, 3.8) is 0 Å². The molecule has 6 nitrogen and oxygen atoms in total. The van der Waals surface area contributed by atoms with Crippen molar-refractivity contribution < 1.29 is 18.4 Å². The molecule has 0 aliphatic heterocycles. The summed E-state index contributed by atoms with van der Waals surface area (Å²) in [6, 6.07) is 12.5. The van der Waals surface area contributed by atoms with Crippen LogP contribution in [0.5, 0.6) is 0 Å². The Morgan fingerprint density at radius 2 is 1.85 bits per heavy atom. The van der Waals surface area contributed by atoms with Crippen LogP contribution >= 0.6 is 0 Å².